The van der Waals surface area contributed by atoms with Crippen LogP contribution in [0.4, 0.5) is 5.69 Å². The molecule has 0 saturated heterocycles. The molecule has 18 heavy (non-hydrogen) atoms. The SMILES string of the molecule is Cc1cc(C(C)(C)CC(C)C)cc(CO)c1N=O. The van der Waals surface area contributed by atoms with E-state index < -0.39 is 0 Å². The van der Waals surface area contributed by atoms with Crippen molar-refractivity contribution in [1.82, 2.24) is 0 Å². The van der Waals surface area contributed by atoms with E-state index >= 15 is 0 Å². The Balaban J connectivity index is 3.26. The van der Waals surface area contributed by atoms with Gasteiger partial charge in [0, 0.05) is 5.56 Å². The van der Waals surface area contributed by atoms with Gasteiger partial charge in [0.1, 0.15) is 5.69 Å². The number of nitroso groups, excluding NO2 is 1. The fraction of sp³-hybridized carbons (Fsp3) is 0.600. The number of aryl methyl sites for hydroxylation is 1. The van der Waals surface area contributed by atoms with Crippen LogP contribution in [0, 0.1) is 17.7 Å². The van der Waals surface area contributed by atoms with Gasteiger partial charge in [-0.2, -0.15) is 0 Å². The smallest absolute Gasteiger partial charge is 0.116 e. The molecule has 1 rings (SSSR count). The lowest BCUT2D eigenvalue weighted by Gasteiger charge is -2.28. The highest BCUT2D eigenvalue weighted by Gasteiger charge is 2.23. The molecule has 0 saturated carbocycles. The van der Waals surface area contributed by atoms with Crippen LogP contribution < -0.4 is 0 Å². The van der Waals surface area contributed by atoms with Crippen molar-refractivity contribution >= 4 is 5.69 Å². The summed E-state index contributed by atoms with van der Waals surface area (Å²) in [7, 11) is 0. The van der Waals surface area contributed by atoms with Gasteiger partial charge in [-0.3, -0.25) is 0 Å². The number of benzene rings is 1. The monoisotopic (exact) mass is 249 g/mol. The predicted molar refractivity (Wildman–Crippen MR) is 75.0 cm³/mol. The molecule has 0 aliphatic carbocycles. The van der Waals surface area contributed by atoms with Crippen molar-refractivity contribution in [3.05, 3.63) is 33.7 Å². The van der Waals surface area contributed by atoms with Crippen molar-refractivity contribution in [2.24, 2.45) is 11.1 Å². The third-order valence-electron chi connectivity index (χ3n) is 3.34. The summed E-state index contributed by atoms with van der Waals surface area (Å²) in [4.78, 5) is 10.8. The van der Waals surface area contributed by atoms with Gasteiger partial charge in [-0.05, 0) is 41.0 Å². The van der Waals surface area contributed by atoms with Gasteiger partial charge in [-0.15, -0.1) is 4.91 Å². The fourth-order valence-corrected chi connectivity index (χ4v) is 2.63. The van der Waals surface area contributed by atoms with E-state index in [0.717, 1.165) is 17.5 Å². The quantitative estimate of drug-likeness (QED) is 0.795. The van der Waals surface area contributed by atoms with Gasteiger partial charge in [-0.1, -0.05) is 39.8 Å². The Labute approximate surface area is 109 Å². The summed E-state index contributed by atoms with van der Waals surface area (Å²) in [6, 6.07) is 3.92. The Kier molecular flexibility index (Phi) is 4.63. The summed E-state index contributed by atoms with van der Waals surface area (Å²) in [5.74, 6) is 0.599. The number of aliphatic hydroxyl groups is 1. The number of hydrogen-bond donors (Lipinski definition) is 1. The maximum atomic E-state index is 10.8. The molecule has 3 heteroatoms. The zero-order valence-corrected chi connectivity index (χ0v) is 11.9. The van der Waals surface area contributed by atoms with Gasteiger partial charge in [-0.25, -0.2) is 0 Å². The zero-order valence-electron chi connectivity index (χ0n) is 11.9. The van der Waals surface area contributed by atoms with Gasteiger partial charge < -0.3 is 5.11 Å². The molecule has 0 aliphatic heterocycles. The Morgan fingerprint density at radius 2 is 1.94 bits per heavy atom. The normalized spacial score (nSPS) is 11.9. The molecule has 0 heterocycles. The first-order valence-corrected chi connectivity index (χ1v) is 6.40. The molecule has 0 bridgehead atoms. The Morgan fingerprint density at radius 3 is 2.39 bits per heavy atom. The van der Waals surface area contributed by atoms with E-state index in [1.807, 2.05) is 19.1 Å². The minimum Gasteiger partial charge on any atom is -0.392 e. The Morgan fingerprint density at radius 1 is 1.33 bits per heavy atom. The molecule has 1 aromatic carbocycles. The van der Waals surface area contributed by atoms with Crippen LogP contribution in [0.25, 0.3) is 0 Å². The zero-order chi connectivity index (χ0) is 13.9. The molecule has 0 aromatic heterocycles. The lowest BCUT2D eigenvalue weighted by Crippen LogP contribution is -2.20. The van der Waals surface area contributed by atoms with Gasteiger partial charge in [0.25, 0.3) is 0 Å². The van der Waals surface area contributed by atoms with Crippen LogP contribution in [0.5, 0.6) is 0 Å². The van der Waals surface area contributed by atoms with Gasteiger partial charge in [0.05, 0.1) is 6.61 Å². The molecule has 0 spiro atoms. The molecule has 0 amide bonds. The van der Waals surface area contributed by atoms with Gasteiger partial charge >= 0.3 is 0 Å². The summed E-state index contributed by atoms with van der Waals surface area (Å²) in [6.45, 7) is 10.5. The second-order valence-corrected chi connectivity index (χ2v) is 6.03. The standard InChI is InChI=1S/C15H23NO2/c1-10(2)8-15(4,5)13-6-11(3)14(16-18)12(7-13)9-17/h6-7,10,17H,8-9H2,1-5H3. The lowest BCUT2D eigenvalue weighted by atomic mass is 9.77. The third-order valence-corrected chi connectivity index (χ3v) is 3.34. The van der Waals surface area contributed by atoms with Gasteiger partial charge in [0.15, 0.2) is 0 Å². The van der Waals surface area contributed by atoms with Crippen molar-refractivity contribution in [1.29, 1.82) is 0 Å². The van der Waals surface area contributed by atoms with Crippen LogP contribution in [0.2, 0.25) is 0 Å². The second kappa shape index (κ2) is 5.61. The van der Waals surface area contributed by atoms with Gasteiger partial charge in [0.2, 0.25) is 0 Å². The van der Waals surface area contributed by atoms with E-state index in [-0.39, 0.29) is 12.0 Å². The van der Waals surface area contributed by atoms with Crippen LogP contribution >= 0.6 is 0 Å². The molecule has 0 unspecified atom stereocenters. The molecular formula is C15H23NO2. The maximum Gasteiger partial charge on any atom is 0.116 e. The summed E-state index contributed by atoms with van der Waals surface area (Å²) in [5, 5.41) is 12.4. The van der Waals surface area contributed by atoms with E-state index in [4.69, 9.17) is 0 Å². The highest BCUT2D eigenvalue weighted by atomic mass is 16.3. The third kappa shape index (κ3) is 3.16. The largest absolute Gasteiger partial charge is 0.392 e. The summed E-state index contributed by atoms with van der Waals surface area (Å²) >= 11 is 0. The Bertz CT molecular complexity index is 436. The van der Waals surface area contributed by atoms with Crippen LogP contribution in [0.1, 0.15) is 50.8 Å². The number of hydrogen-bond acceptors (Lipinski definition) is 3. The lowest BCUT2D eigenvalue weighted by molar-refractivity contribution is 0.281. The average Bonchev–Trinajstić information content (AvgIpc) is 2.26. The van der Waals surface area contributed by atoms with Crippen LogP contribution in [0.15, 0.2) is 17.3 Å². The Hall–Kier alpha value is -1.22. The molecule has 0 aliphatic rings. The summed E-state index contributed by atoms with van der Waals surface area (Å²) in [6.07, 6.45) is 1.06. The molecule has 3 nitrogen and oxygen atoms in total. The number of rotatable bonds is 5. The summed E-state index contributed by atoms with van der Waals surface area (Å²) < 4.78 is 0. The van der Waals surface area contributed by atoms with E-state index in [1.54, 1.807) is 0 Å². The molecule has 1 N–H and O–H groups in total. The number of aliphatic hydroxyl groups excluding tert-OH is 1. The number of nitrogens with zero attached hydrogens (tertiary/aromatic N) is 1. The second-order valence-electron chi connectivity index (χ2n) is 6.03. The van der Waals surface area contributed by atoms with Crippen LogP contribution in [-0.2, 0) is 12.0 Å². The predicted octanol–water partition coefficient (Wildman–Crippen LogP) is 4.21. The van der Waals surface area contributed by atoms with Crippen LogP contribution in [-0.4, -0.2) is 5.11 Å². The van der Waals surface area contributed by atoms with Crippen molar-refractivity contribution in [2.75, 3.05) is 0 Å². The van der Waals surface area contributed by atoms with E-state index in [2.05, 4.69) is 32.9 Å². The van der Waals surface area contributed by atoms with Crippen molar-refractivity contribution < 1.29 is 5.11 Å². The van der Waals surface area contributed by atoms with E-state index in [1.165, 1.54) is 0 Å². The average molecular weight is 249 g/mol. The molecular weight excluding hydrogens is 226 g/mol. The minimum absolute atomic E-state index is 0.0320. The van der Waals surface area contributed by atoms with Crippen molar-refractivity contribution in [2.45, 2.75) is 53.1 Å². The first-order valence-electron chi connectivity index (χ1n) is 6.40. The van der Waals surface area contributed by atoms with Crippen molar-refractivity contribution in [3.63, 3.8) is 0 Å². The highest BCUT2D eigenvalue weighted by Crippen LogP contribution is 2.35. The molecule has 100 valence electrons. The topological polar surface area (TPSA) is 49.7 Å². The first-order chi connectivity index (χ1) is 8.31. The molecule has 0 radical (unpaired) electrons. The first kappa shape index (κ1) is 14.8. The van der Waals surface area contributed by atoms with Crippen LogP contribution in [0.3, 0.4) is 0 Å². The maximum absolute atomic E-state index is 10.8. The molecule has 1 aromatic rings. The molecule has 0 atom stereocenters. The minimum atomic E-state index is -0.145. The van der Waals surface area contributed by atoms with Crippen molar-refractivity contribution in [3.8, 4) is 0 Å². The highest BCUT2D eigenvalue weighted by molar-refractivity contribution is 5.55. The van der Waals surface area contributed by atoms with E-state index in [9.17, 15) is 10.0 Å². The van der Waals surface area contributed by atoms with E-state index in [0.29, 0.717) is 17.2 Å². The summed E-state index contributed by atoms with van der Waals surface area (Å²) in [5.41, 5.74) is 3.02. The molecule has 0 fully saturated rings. The fourth-order valence-electron chi connectivity index (χ4n) is 2.63.